The molecule has 172 valence electrons. The summed E-state index contributed by atoms with van der Waals surface area (Å²) in [4.78, 5) is 30.5. The third kappa shape index (κ3) is 5.18. The maximum atomic E-state index is 13.3. The van der Waals surface area contributed by atoms with Gasteiger partial charge in [0.05, 0.1) is 35.2 Å². The molecule has 3 aromatic carbocycles. The Bertz CT molecular complexity index is 1410. The number of rotatable bonds is 7. The molecule has 0 aliphatic carbocycles. The molecule has 34 heavy (non-hydrogen) atoms. The summed E-state index contributed by atoms with van der Waals surface area (Å²) in [6.07, 6.45) is 0. The summed E-state index contributed by atoms with van der Waals surface area (Å²) >= 11 is 1.19. The minimum absolute atomic E-state index is 0.0516. The number of nitrogens with zero attached hydrogens (tertiary/aromatic N) is 3. The van der Waals surface area contributed by atoms with Gasteiger partial charge in [0.15, 0.2) is 5.16 Å². The lowest BCUT2D eigenvalue weighted by Crippen LogP contribution is -2.24. The predicted octanol–water partition coefficient (Wildman–Crippen LogP) is 4.34. The second-order valence-electron chi connectivity index (χ2n) is 7.64. The second-order valence-corrected chi connectivity index (χ2v) is 8.58. The molecule has 0 unspecified atom stereocenters. The van der Waals surface area contributed by atoms with Crippen molar-refractivity contribution in [3.63, 3.8) is 0 Å². The van der Waals surface area contributed by atoms with Crippen molar-refractivity contribution in [3.05, 3.63) is 94.3 Å². The number of benzene rings is 3. The fourth-order valence-electron chi connectivity index (χ4n) is 3.34. The van der Waals surface area contributed by atoms with Crippen molar-refractivity contribution in [2.45, 2.75) is 19.0 Å². The van der Waals surface area contributed by atoms with Gasteiger partial charge in [0, 0.05) is 0 Å². The van der Waals surface area contributed by atoms with E-state index in [9.17, 15) is 9.59 Å². The summed E-state index contributed by atoms with van der Waals surface area (Å²) < 4.78 is 6.71. The normalized spacial score (nSPS) is 11.4. The zero-order valence-corrected chi connectivity index (χ0v) is 19.9. The number of methoxy groups -OCH3 is 1. The largest absolute Gasteiger partial charge is 0.497 e. The number of para-hydroxylation sites is 1. The highest BCUT2D eigenvalue weighted by atomic mass is 32.2. The summed E-state index contributed by atoms with van der Waals surface area (Å²) in [5, 5.41) is 5.16. The number of thioether (sulfide) groups is 1. The summed E-state index contributed by atoms with van der Waals surface area (Å²) in [6.45, 7) is 3.80. The van der Waals surface area contributed by atoms with E-state index < -0.39 is 0 Å². The smallest absolute Gasteiger partial charge is 0.266 e. The molecular formula is C26H24N4O3S. The second kappa shape index (κ2) is 10.4. The molecule has 0 bridgehead atoms. The zero-order valence-electron chi connectivity index (χ0n) is 19.1. The standard InChI is InChI=1S/C26H24N4O3S/c1-17-8-12-20(13-9-17)30-25(32)22-6-4-5-7-23(22)27-26(30)34-16-24(31)29-28-18(2)19-10-14-21(33-3)15-11-19/h4-15H,16H2,1-3H3,(H,29,31)/b28-18-. The highest BCUT2D eigenvalue weighted by Crippen LogP contribution is 2.21. The molecule has 8 heteroatoms. The van der Waals surface area contributed by atoms with Gasteiger partial charge in [-0.15, -0.1) is 0 Å². The molecule has 7 nitrogen and oxygen atoms in total. The number of nitrogens with one attached hydrogen (secondary N) is 1. The van der Waals surface area contributed by atoms with Gasteiger partial charge >= 0.3 is 0 Å². The zero-order chi connectivity index (χ0) is 24.1. The number of aryl methyl sites for hydroxylation is 1. The molecule has 0 fully saturated rings. The van der Waals surface area contributed by atoms with Gasteiger partial charge < -0.3 is 4.74 Å². The number of amides is 1. The van der Waals surface area contributed by atoms with Crippen LogP contribution in [0, 0.1) is 6.92 Å². The Balaban J connectivity index is 1.55. The van der Waals surface area contributed by atoms with Crippen molar-refractivity contribution in [1.82, 2.24) is 15.0 Å². The van der Waals surface area contributed by atoms with Crippen LogP contribution in [0.4, 0.5) is 0 Å². The first-order valence-corrected chi connectivity index (χ1v) is 11.6. The number of carbonyl (C=O) groups is 1. The van der Waals surface area contributed by atoms with Crippen LogP contribution >= 0.6 is 11.8 Å². The number of fused-ring (bicyclic) bond motifs is 1. The van der Waals surface area contributed by atoms with Crippen molar-refractivity contribution < 1.29 is 9.53 Å². The molecule has 1 heterocycles. The minimum atomic E-state index is -0.296. The molecule has 0 atom stereocenters. The van der Waals surface area contributed by atoms with Gasteiger partial charge in [0.2, 0.25) is 0 Å². The van der Waals surface area contributed by atoms with Crippen LogP contribution in [0.25, 0.3) is 16.6 Å². The van der Waals surface area contributed by atoms with Crippen molar-refractivity contribution >= 4 is 34.3 Å². The van der Waals surface area contributed by atoms with Gasteiger partial charge in [-0.1, -0.05) is 41.6 Å². The molecule has 0 saturated heterocycles. The first kappa shape index (κ1) is 23.3. The van der Waals surface area contributed by atoms with E-state index in [1.807, 2.05) is 74.5 Å². The fourth-order valence-corrected chi connectivity index (χ4v) is 4.14. The van der Waals surface area contributed by atoms with Gasteiger partial charge in [-0.3, -0.25) is 14.2 Å². The maximum Gasteiger partial charge on any atom is 0.266 e. The summed E-state index contributed by atoms with van der Waals surface area (Å²) in [7, 11) is 1.61. The Hall–Kier alpha value is -3.91. The molecular weight excluding hydrogens is 448 g/mol. The molecule has 4 rings (SSSR count). The Morgan fingerprint density at radius 3 is 2.47 bits per heavy atom. The van der Waals surface area contributed by atoms with Gasteiger partial charge in [-0.05, 0) is 67.9 Å². The molecule has 0 radical (unpaired) electrons. The van der Waals surface area contributed by atoms with E-state index in [1.54, 1.807) is 23.8 Å². The topological polar surface area (TPSA) is 85.6 Å². The average molecular weight is 473 g/mol. The van der Waals surface area contributed by atoms with Crippen LogP contribution in [0.3, 0.4) is 0 Å². The summed E-state index contributed by atoms with van der Waals surface area (Å²) in [5.41, 5.74) is 6.32. The van der Waals surface area contributed by atoms with E-state index in [4.69, 9.17) is 4.74 Å². The van der Waals surface area contributed by atoms with Crippen LogP contribution in [0.1, 0.15) is 18.1 Å². The molecule has 4 aromatic rings. The highest BCUT2D eigenvalue weighted by molar-refractivity contribution is 7.99. The van der Waals surface area contributed by atoms with Crippen LogP contribution in [0.5, 0.6) is 5.75 Å². The maximum absolute atomic E-state index is 13.3. The van der Waals surface area contributed by atoms with Gasteiger partial charge in [-0.2, -0.15) is 5.10 Å². The van der Waals surface area contributed by atoms with Crippen LogP contribution in [-0.4, -0.2) is 34.0 Å². The molecule has 1 amide bonds. The first-order chi connectivity index (χ1) is 16.5. The third-order valence-electron chi connectivity index (χ3n) is 5.23. The van der Waals surface area contributed by atoms with Crippen LogP contribution < -0.4 is 15.7 Å². The molecule has 0 aliphatic heterocycles. The molecule has 1 aromatic heterocycles. The molecule has 0 aliphatic rings. The molecule has 0 spiro atoms. The van der Waals surface area contributed by atoms with E-state index in [0.717, 1.165) is 16.9 Å². The minimum Gasteiger partial charge on any atom is -0.497 e. The lowest BCUT2D eigenvalue weighted by Gasteiger charge is -2.13. The lowest BCUT2D eigenvalue weighted by atomic mass is 10.1. The Kier molecular flexibility index (Phi) is 7.08. The quantitative estimate of drug-likeness (QED) is 0.187. The lowest BCUT2D eigenvalue weighted by molar-refractivity contribution is -0.118. The highest BCUT2D eigenvalue weighted by Gasteiger charge is 2.15. The summed E-state index contributed by atoms with van der Waals surface area (Å²) in [5.74, 6) is 0.506. The van der Waals surface area contributed by atoms with Gasteiger partial charge in [0.1, 0.15) is 5.75 Å². The van der Waals surface area contributed by atoms with Gasteiger partial charge in [0.25, 0.3) is 11.5 Å². The van der Waals surface area contributed by atoms with Crippen molar-refractivity contribution in [3.8, 4) is 11.4 Å². The number of ether oxygens (including phenoxy) is 1. The number of hydrazone groups is 1. The number of hydrogen-bond donors (Lipinski definition) is 1. The van der Waals surface area contributed by atoms with E-state index in [0.29, 0.717) is 27.5 Å². The van der Waals surface area contributed by atoms with E-state index in [-0.39, 0.29) is 17.2 Å². The Labute approximate surface area is 201 Å². The van der Waals surface area contributed by atoms with Crippen molar-refractivity contribution in [1.29, 1.82) is 0 Å². The predicted molar refractivity (Wildman–Crippen MR) is 136 cm³/mol. The first-order valence-electron chi connectivity index (χ1n) is 10.7. The molecule has 1 N–H and O–H groups in total. The van der Waals surface area contributed by atoms with Crippen LogP contribution in [0.15, 0.2) is 87.8 Å². The third-order valence-corrected chi connectivity index (χ3v) is 6.16. The van der Waals surface area contributed by atoms with Crippen molar-refractivity contribution in [2.24, 2.45) is 5.10 Å². The van der Waals surface area contributed by atoms with Gasteiger partial charge in [-0.25, -0.2) is 10.4 Å². The average Bonchev–Trinajstić information content (AvgIpc) is 2.87. The fraction of sp³-hybridized carbons (Fsp3) is 0.154. The summed E-state index contributed by atoms with van der Waals surface area (Å²) in [6, 6.07) is 22.2. The SMILES string of the molecule is COc1ccc(/C(C)=N\NC(=O)CSc2nc3ccccc3c(=O)n2-c2ccc(C)cc2)cc1. The molecule has 0 saturated carbocycles. The number of aromatic nitrogens is 2. The van der Waals surface area contributed by atoms with E-state index in [2.05, 4.69) is 15.5 Å². The Morgan fingerprint density at radius 1 is 1.06 bits per heavy atom. The number of carbonyl (C=O) groups excluding carboxylic acids is 1. The van der Waals surface area contributed by atoms with E-state index >= 15 is 0 Å². The number of hydrogen-bond acceptors (Lipinski definition) is 6. The van der Waals surface area contributed by atoms with Crippen molar-refractivity contribution in [2.75, 3.05) is 12.9 Å². The monoisotopic (exact) mass is 472 g/mol. The van der Waals surface area contributed by atoms with Crippen LogP contribution in [-0.2, 0) is 4.79 Å². The van der Waals surface area contributed by atoms with Crippen LogP contribution in [0.2, 0.25) is 0 Å². The Morgan fingerprint density at radius 2 is 1.76 bits per heavy atom. The van der Waals surface area contributed by atoms with E-state index in [1.165, 1.54) is 11.8 Å².